The van der Waals surface area contributed by atoms with Crippen molar-refractivity contribution in [2.45, 2.75) is 0 Å². The lowest BCUT2D eigenvalue weighted by Gasteiger charge is -2.17. The van der Waals surface area contributed by atoms with E-state index in [0.29, 0.717) is 0 Å². The van der Waals surface area contributed by atoms with Gasteiger partial charge in [-0.1, -0.05) is 84.9 Å². The van der Waals surface area contributed by atoms with Gasteiger partial charge in [-0.05, 0) is 68.4 Å². The van der Waals surface area contributed by atoms with Crippen molar-refractivity contribution in [2.75, 3.05) is 11.5 Å². The van der Waals surface area contributed by atoms with Gasteiger partial charge in [-0.25, -0.2) is 0 Å². The van der Waals surface area contributed by atoms with E-state index in [2.05, 4.69) is 91.0 Å². The highest BCUT2D eigenvalue weighted by Gasteiger charge is 2.14. The molecule has 0 bridgehead atoms. The van der Waals surface area contributed by atoms with Gasteiger partial charge in [0.15, 0.2) is 0 Å². The number of hydrogen-bond donors (Lipinski definition) is 2. The second kappa shape index (κ2) is 7.41. The molecule has 5 rings (SSSR count). The molecule has 0 saturated heterocycles. The van der Waals surface area contributed by atoms with Gasteiger partial charge in [0.2, 0.25) is 0 Å². The number of nitrogens with two attached hydrogens (primary N) is 2. The fraction of sp³-hybridized carbons (Fsp3) is 0. The molecular weight excluding hydrogens is 364 g/mol. The molecule has 0 aromatic heterocycles. The van der Waals surface area contributed by atoms with Crippen LogP contribution in [0.25, 0.3) is 44.2 Å². The molecule has 30 heavy (non-hydrogen) atoms. The average molecular weight is 386 g/mol. The fourth-order valence-corrected chi connectivity index (χ4v) is 4.11. The summed E-state index contributed by atoms with van der Waals surface area (Å²) < 4.78 is 0. The van der Waals surface area contributed by atoms with Crippen LogP contribution in [0.2, 0.25) is 0 Å². The summed E-state index contributed by atoms with van der Waals surface area (Å²) >= 11 is 0. The molecule has 0 aliphatic carbocycles. The Morgan fingerprint density at radius 1 is 0.400 bits per heavy atom. The van der Waals surface area contributed by atoms with Gasteiger partial charge < -0.3 is 11.5 Å². The predicted molar refractivity (Wildman–Crippen MR) is 129 cm³/mol. The van der Waals surface area contributed by atoms with Crippen LogP contribution in [0.15, 0.2) is 109 Å². The molecule has 0 saturated carbocycles. The SMILES string of the molecule is Nc1ccc(-c2ccc(N)cc2-c2ccccc2-c2cccc3ccccc23)cc1. The van der Waals surface area contributed by atoms with Gasteiger partial charge in [0.1, 0.15) is 0 Å². The van der Waals surface area contributed by atoms with Gasteiger partial charge in [-0.2, -0.15) is 0 Å². The molecule has 4 N–H and O–H groups in total. The first-order chi connectivity index (χ1) is 14.7. The summed E-state index contributed by atoms with van der Waals surface area (Å²) in [7, 11) is 0. The van der Waals surface area contributed by atoms with Gasteiger partial charge in [0, 0.05) is 11.4 Å². The topological polar surface area (TPSA) is 52.0 Å². The molecule has 0 atom stereocenters. The maximum Gasteiger partial charge on any atom is 0.0320 e. The molecule has 2 heteroatoms. The Balaban J connectivity index is 1.78. The first-order valence-electron chi connectivity index (χ1n) is 10.0. The first kappa shape index (κ1) is 18.0. The lowest BCUT2D eigenvalue weighted by atomic mass is 9.87. The second-order valence-corrected chi connectivity index (χ2v) is 7.50. The van der Waals surface area contributed by atoms with Gasteiger partial charge in [-0.3, -0.25) is 0 Å². The van der Waals surface area contributed by atoms with Crippen LogP contribution in [0.3, 0.4) is 0 Å². The van der Waals surface area contributed by atoms with E-state index in [1.165, 1.54) is 21.9 Å². The first-order valence-corrected chi connectivity index (χ1v) is 10.0. The Morgan fingerprint density at radius 3 is 1.80 bits per heavy atom. The molecule has 144 valence electrons. The molecule has 0 fully saturated rings. The summed E-state index contributed by atoms with van der Waals surface area (Å²) in [5, 5.41) is 2.47. The third kappa shape index (κ3) is 3.19. The molecule has 0 unspecified atom stereocenters. The van der Waals surface area contributed by atoms with Crippen molar-refractivity contribution < 1.29 is 0 Å². The van der Waals surface area contributed by atoms with Crippen molar-refractivity contribution in [1.29, 1.82) is 0 Å². The Morgan fingerprint density at radius 2 is 1.00 bits per heavy atom. The Labute approximate surface area is 176 Å². The molecule has 0 amide bonds. The van der Waals surface area contributed by atoms with Crippen molar-refractivity contribution in [3.8, 4) is 33.4 Å². The summed E-state index contributed by atoms with van der Waals surface area (Å²) in [4.78, 5) is 0. The Kier molecular flexibility index (Phi) is 4.45. The van der Waals surface area contributed by atoms with Gasteiger partial charge in [0.25, 0.3) is 0 Å². The third-order valence-electron chi connectivity index (χ3n) is 5.56. The van der Waals surface area contributed by atoms with Crippen LogP contribution in [0.1, 0.15) is 0 Å². The maximum atomic E-state index is 6.23. The van der Waals surface area contributed by atoms with Gasteiger partial charge in [-0.15, -0.1) is 0 Å². The van der Waals surface area contributed by atoms with Crippen molar-refractivity contribution in [2.24, 2.45) is 0 Å². The van der Waals surface area contributed by atoms with E-state index in [9.17, 15) is 0 Å². The highest BCUT2D eigenvalue weighted by atomic mass is 14.5. The monoisotopic (exact) mass is 386 g/mol. The van der Waals surface area contributed by atoms with Crippen molar-refractivity contribution in [3.05, 3.63) is 109 Å². The zero-order valence-corrected chi connectivity index (χ0v) is 16.5. The zero-order chi connectivity index (χ0) is 20.5. The number of hydrogen-bond acceptors (Lipinski definition) is 2. The largest absolute Gasteiger partial charge is 0.399 e. The predicted octanol–water partition coefficient (Wildman–Crippen LogP) is 7.01. The van der Waals surface area contributed by atoms with Crippen LogP contribution in [0.5, 0.6) is 0 Å². The Bertz CT molecular complexity index is 1350. The molecule has 2 nitrogen and oxygen atoms in total. The molecule has 0 aliphatic rings. The normalized spacial score (nSPS) is 10.9. The quantitative estimate of drug-likeness (QED) is 0.328. The fourth-order valence-electron chi connectivity index (χ4n) is 4.11. The molecule has 0 aliphatic heterocycles. The van der Waals surface area contributed by atoms with E-state index in [4.69, 9.17) is 11.5 Å². The van der Waals surface area contributed by atoms with Crippen LogP contribution < -0.4 is 11.5 Å². The minimum Gasteiger partial charge on any atom is -0.399 e. The van der Waals surface area contributed by atoms with E-state index < -0.39 is 0 Å². The van der Waals surface area contributed by atoms with Crippen LogP contribution in [-0.2, 0) is 0 Å². The summed E-state index contributed by atoms with van der Waals surface area (Å²) in [6, 6.07) is 37.6. The van der Waals surface area contributed by atoms with E-state index >= 15 is 0 Å². The minimum atomic E-state index is 0.747. The van der Waals surface area contributed by atoms with Crippen LogP contribution in [0, 0.1) is 0 Å². The van der Waals surface area contributed by atoms with E-state index in [1.54, 1.807) is 0 Å². The number of rotatable bonds is 3. The number of fused-ring (bicyclic) bond motifs is 1. The maximum absolute atomic E-state index is 6.23. The smallest absolute Gasteiger partial charge is 0.0320 e. The van der Waals surface area contributed by atoms with Crippen molar-refractivity contribution >= 4 is 22.1 Å². The zero-order valence-electron chi connectivity index (χ0n) is 16.5. The molecule has 0 heterocycles. The van der Waals surface area contributed by atoms with Crippen LogP contribution >= 0.6 is 0 Å². The Hall–Kier alpha value is -4.04. The highest BCUT2D eigenvalue weighted by Crippen LogP contribution is 2.41. The average Bonchev–Trinajstić information content (AvgIpc) is 2.79. The van der Waals surface area contributed by atoms with Crippen molar-refractivity contribution in [3.63, 3.8) is 0 Å². The summed E-state index contributed by atoms with van der Waals surface area (Å²) in [6.07, 6.45) is 0. The lowest BCUT2D eigenvalue weighted by Crippen LogP contribution is -1.93. The van der Waals surface area contributed by atoms with Crippen LogP contribution in [-0.4, -0.2) is 0 Å². The summed E-state index contributed by atoms with van der Waals surface area (Å²) in [6.45, 7) is 0. The number of benzene rings is 5. The molecule has 0 spiro atoms. The minimum absolute atomic E-state index is 0.747. The van der Waals surface area contributed by atoms with E-state index in [0.717, 1.165) is 33.6 Å². The van der Waals surface area contributed by atoms with E-state index in [1.807, 2.05) is 18.2 Å². The summed E-state index contributed by atoms with van der Waals surface area (Å²) in [5.41, 5.74) is 20.6. The van der Waals surface area contributed by atoms with Gasteiger partial charge >= 0.3 is 0 Å². The lowest BCUT2D eigenvalue weighted by molar-refractivity contribution is 1.57. The molecular formula is C28H22N2. The standard InChI is InChI=1S/C28H22N2/c29-21-14-12-20(13-15-21)24-17-16-22(30)18-28(24)27-10-4-3-9-26(27)25-11-5-7-19-6-1-2-8-23(19)25/h1-18H,29-30H2. The second-order valence-electron chi connectivity index (χ2n) is 7.50. The molecule has 0 radical (unpaired) electrons. The third-order valence-corrected chi connectivity index (χ3v) is 5.56. The van der Waals surface area contributed by atoms with Crippen molar-refractivity contribution in [1.82, 2.24) is 0 Å². The van der Waals surface area contributed by atoms with E-state index in [-0.39, 0.29) is 0 Å². The molecule has 5 aromatic carbocycles. The summed E-state index contributed by atoms with van der Waals surface area (Å²) in [5.74, 6) is 0. The van der Waals surface area contributed by atoms with Gasteiger partial charge in [0.05, 0.1) is 0 Å². The highest BCUT2D eigenvalue weighted by molar-refractivity contribution is 6.02. The number of anilines is 2. The number of nitrogen functional groups attached to an aromatic ring is 2. The van der Waals surface area contributed by atoms with Crippen LogP contribution in [0.4, 0.5) is 11.4 Å². The molecule has 5 aromatic rings.